The molecule has 0 aliphatic heterocycles. The van der Waals surface area contributed by atoms with Gasteiger partial charge in [-0.15, -0.1) is 0 Å². The quantitative estimate of drug-likeness (QED) is 0.362. The molecule has 5 heteroatoms. The van der Waals surface area contributed by atoms with Crippen LogP contribution in [0.15, 0.2) is 66.9 Å². The van der Waals surface area contributed by atoms with E-state index in [1.54, 1.807) is 0 Å². The molecule has 0 amide bonds. The number of aryl methyl sites for hydroxylation is 1. The van der Waals surface area contributed by atoms with Crippen molar-refractivity contribution in [3.63, 3.8) is 0 Å². The molecule has 3 rings (SSSR count). The summed E-state index contributed by atoms with van der Waals surface area (Å²) in [4.78, 5) is 8.84. The molecule has 0 saturated carbocycles. The zero-order chi connectivity index (χ0) is 18.5. The molecular formula is C22H31N4W-. The van der Waals surface area contributed by atoms with Gasteiger partial charge in [0.15, 0.2) is 0 Å². The predicted molar refractivity (Wildman–Crippen MR) is 115 cm³/mol. The van der Waals surface area contributed by atoms with Gasteiger partial charge in [0.1, 0.15) is 5.82 Å². The van der Waals surface area contributed by atoms with E-state index in [0.717, 1.165) is 22.8 Å². The number of nitrogens with zero attached hydrogens (tertiary/aromatic N) is 2. The smallest absolute Gasteiger partial charge is 0.229 e. The number of hydrogen-bond acceptors (Lipinski definition) is 4. The third kappa shape index (κ3) is 9.35. The van der Waals surface area contributed by atoms with Gasteiger partial charge in [-0.2, -0.15) is 4.98 Å². The second-order valence-corrected chi connectivity index (χ2v) is 4.71. The Balaban J connectivity index is 0. The number of anilines is 4. The average molecular weight is 535 g/mol. The van der Waals surface area contributed by atoms with Crippen LogP contribution in [0.5, 0.6) is 0 Å². The average Bonchev–Trinajstić information content (AvgIpc) is 2.69. The van der Waals surface area contributed by atoms with E-state index in [1.165, 1.54) is 0 Å². The first-order valence-electron chi connectivity index (χ1n) is 8.79. The Hall–Kier alpha value is -2.19. The topological polar surface area (TPSA) is 49.8 Å². The van der Waals surface area contributed by atoms with Crippen LogP contribution in [0, 0.1) is 14.4 Å². The summed E-state index contributed by atoms with van der Waals surface area (Å²) in [5.41, 5.74) is 2.97. The van der Waals surface area contributed by atoms with E-state index in [1.807, 2.05) is 101 Å². The van der Waals surface area contributed by atoms with Crippen molar-refractivity contribution in [2.75, 3.05) is 10.6 Å². The fraction of sp³-hybridized carbons (Fsp3) is 0.227. The molecule has 2 N–H and O–H groups in total. The summed E-state index contributed by atoms with van der Waals surface area (Å²) in [6, 6.07) is 19.9. The number of para-hydroxylation sites is 2. The van der Waals surface area contributed by atoms with Crippen molar-refractivity contribution in [2.24, 2.45) is 0 Å². The molecule has 0 radical (unpaired) electrons. The van der Waals surface area contributed by atoms with Crippen molar-refractivity contribution >= 4 is 23.1 Å². The molecule has 1 aromatic heterocycles. The number of aromatic nitrogens is 2. The minimum atomic E-state index is 0. The standard InChI is InChI=1S/C17H16N4.2C2H6.CH3.W/c1-13-12-18-17(20-15-10-6-3-7-11-15)21-16(13)19-14-8-4-2-5-9-14;2*1-2;;/h2-12H,1H3,(H2,18,19,20,21);2*1-2H3;1H3;/q;;;-1;. The number of benzene rings is 2. The summed E-state index contributed by atoms with van der Waals surface area (Å²) in [6.45, 7) is 9.98. The van der Waals surface area contributed by atoms with Gasteiger partial charge in [-0.3, -0.25) is 0 Å². The second kappa shape index (κ2) is 16.0. The summed E-state index contributed by atoms with van der Waals surface area (Å²) in [5.74, 6) is 1.37. The third-order valence-electron chi connectivity index (χ3n) is 3.04. The van der Waals surface area contributed by atoms with Crippen LogP contribution in [0.3, 0.4) is 0 Å². The van der Waals surface area contributed by atoms with Crippen LogP contribution >= 0.6 is 0 Å². The van der Waals surface area contributed by atoms with Gasteiger partial charge in [0.25, 0.3) is 0 Å². The molecule has 1 heterocycles. The van der Waals surface area contributed by atoms with Crippen molar-refractivity contribution in [1.29, 1.82) is 0 Å². The van der Waals surface area contributed by atoms with Gasteiger partial charge in [-0.25, -0.2) is 4.98 Å². The minimum absolute atomic E-state index is 0. The zero-order valence-electron chi connectivity index (χ0n) is 17.2. The summed E-state index contributed by atoms with van der Waals surface area (Å²) in [7, 11) is 0. The predicted octanol–water partition coefficient (Wildman–Crippen LogP) is 6.77. The molecular weight excluding hydrogens is 504 g/mol. The molecule has 0 aliphatic carbocycles. The molecule has 0 spiro atoms. The Labute approximate surface area is 179 Å². The Bertz CT molecular complexity index is 719. The van der Waals surface area contributed by atoms with Gasteiger partial charge in [0.2, 0.25) is 5.95 Å². The zero-order valence-corrected chi connectivity index (χ0v) is 20.1. The molecule has 0 aliphatic rings. The van der Waals surface area contributed by atoms with Crippen LogP contribution in [0.2, 0.25) is 0 Å². The van der Waals surface area contributed by atoms with E-state index in [-0.39, 0.29) is 28.5 Å². The van der Waals surface area contributed by atoms with Crippen molar-refractivity contribution in [3.05, 3.63) is 79.9 Å². The second-order valence-electron chi connectivity index (χ2n) is 4.71. The normalized spacial score (nSPS) is 8.33. The summed E-state index contributed by atoms with van der Waals surface area (Å²) in [5, 5.41) is 6.50. The molecule has 0 saturated heterocycles. The van der Waals surface area contributed by atoms with Crippen LogP contribution < -0.4 is 10.6 Å². The van der Waals surface area contributed by atoms with Gasteiger partial charge in [0.05, 0.1) is 0 Å². The van der Waals surface area contributed by atoms with Crippen LogP contribution in [0.4, 0.5) is 23.1 Å². The maximum Gasteiger partial charge on any atom is 0.229 e. The van der Waals surface area contributed by atoms with E-state index in [4.69, 9.17) is 0 Å². The SMILES string of the molecule is CC.CC.Cc1cnc(Nc2ccccc2)nc1Nc1ccccc1.[CH3-].[W]. The summed E-state index contributed by atoms with van der Waals surface area (Å²) < 4.78 is 0. The van der Waals surface area contributed by atoms with Gasteiger partial charge in [-0.1, -0.05) is 64.1 Å². The molecule has 2 aromatic carbocycles. The maximum absolute atomic E-state index is 4.53. The van der Waals surface area contributed by atoms with E-state index in [9.17, 15) is 0 Å². The van der Waals surface area contributed by atoms with Crippen LogP contribution in [0.1, 0.15) is 33.3 Å². The van der Waals surface area contributed by atoms with Crippen molar-refractivity contribution in [3.8, 4) is 0 Å². The first kappa shape index (κ1) is 27.0. The Morgan fingerprint density at radius 1 is 0.704 bits per heavy atom. The van der Waals surface area contributed by atoms with Gasteiger partial charge in [0, 0.05) is 44.2 Å². The van der Waals surface area contributed by atoms with Crippen molar-refractivity contribution in [2.45, 2.75) is 34.6 Å². The number of rotatable bonds is 4. The van der Waals surface area contributed by atoms with E-state index in [2.05, 4.69) is 20.6 Å². The third-order valence-corrected chi connectivity index (χ3v) is 3.04. The van der Waals surface area contributed by atoms with Crippen molar-refractivity contribution in [1.82, 2.24) is 9.97 Å². The molecule has 0 bridgehead atoms. The van der Waals surface area contributed by atoms with Crippen molar-refractivity contribution < 1.29 is 21.1 Å². The van der Waals surface area contributed by atoms with Crippen LogP contribution in [0.25, 0.3) is 0 Å². The Morgan fingerprint density at radius 3 is 1.63 bits per heavy atom. The van der Waals surface area contributed by atoms with E-state index >= 15 is 0 Å². The molecule has 0 fully saturated rings. The van der Waals surface area contributed by atoms with Gasteiger partial charge in [-0.05, 0) is 31.2 Å². The Morgan fingerprint density at radius 2 is 1.15 bits per heavy atom. The van der Waals surface area contributed by atoms with E-state index < -0.39 is 0 Å². The first-order chi connectivity index (χ1) is 12.3. The fourth-order valence-electron chi connectivity index (χ4n) is 1.94. The summed E-state index contributed by atoms with van der Waals surface area (Å²) in [6.07, 6.45) is 1.81. The minimum Gasteiger partial charge on any atom is -0.358 e. The molecule has 0 atom stereocenters. The number of nitrogens with one attached hydrogen (secondary N) is 2. The van der Waals surface area contributed by atoms with Crippen LogP contribution in [-0.4, -0.2) is 9.97 Å². The Kier molecular flexibility index (Phi) is 16.0. The molecule has 0 unspecified atom stereocenters. The monoisotopic (exact) mass is 535 g/mol. The fourth-order valence-corrected chi connectivity index (χ4v) is 1.94. The van der Waals surface area contributed by atoms with Gasteiger partial charge >= 0.3 is 0 Å². The maximum atomic E-state index is 4.53. The van der Waals surface area contributed by atoms with E-state index in [0.29, 0.717) is 5.95 Å². The molecule has 27 heavy (non-hydrogen) atoms. The molecule has 4 nitrogen and oxygen atoms in total. The number of hydrogen-bond donors (Lipinski definition) is 2. The molecule has 146 valence electrons. The van der Waals surface area contributed by atoms with Crippen LogP contribution in [-0.2, 0) is 21.1 Å². The first-order valence-corrected chi connectivity index (χ1v) is 8.79. The molecule has 3 aromatic rings. The largest absolute Gasteiger partial charge is 0.358 e. The summed E-state index contributed by atoms with van der Waals surface area (Å²) >= 11 is 0. The van der Waals surface area contributed by atoms with Gasteiger partial charge < -0.3 is 18.1 Å².